The van der Waals surface area contributed by atoms with Crippen LogP contribution in [0.3, 0.4) is 0 Å². The van der Waals surface area contributed by atoms with Crippen LogP contribution < -0.4 is 0 Å². The number of amides is 1. The van der Waals surface area contributed by atoms with Gasteiger partial charge in [-0.25, -0.2) is 0 Å². The molecule has 0 aromatic carbocycles. The van der Waals surface area contributed by atoms with Gasteiger partial charge in [0.15, 0.2) is 11.9 Å². The second-order valence-electron chi connectivity index (χ2n) is 7.30. The predicted molar refractivity (Wildman–Crippen MR) is 83.9 cm³/mol. The molecule has 2 saturated carbocycles. The number of carbonyl (C=O) groups excluding carboxylic acids is 1. The molecule has 0 spiro atoms. The summed E-state index contributed by atoms with van der Waals surface area (Å²) in [5.74, 6) is 1.94. The van der Waals surface area contributed by atoms with Gasteiger partial charge in [-0.05, 0) is 32.6 Å². The number of hydrogen-bond donors (Lipinski definition) is 0. The number of hydrogen-bond acceptors (Lipinski definition) is 7. The number of nitrogens with zero attached hydrogens (tertiary/aromatic N) is 4. The van der Waals surface area contributed by atoms with Gasteiger partial charge >= 0.3 is 0 Å². The minimum atomic E-state index is -0.392. The maximum Gasteiger partial charge on any atom is 0.259 e. The van der Waals surface area contributed by atoms with Gasteiger partial charge in [-0.2, -0.15) is 4.98 Å². The van der Waals surface area contributed by atoms with E-state index in [1.807, 2.05) is 6.92 Å². The van der Waals surface area contributed by atoms with E-state index in [0.29, 0.717) is 36.4 Å². The van der Waals surface area contributed by atoms with Gasteiger partial charge in [0.25, 0.3) is 11.8 Å². The van der Waals surface area contributed by atoms with Gasteiger partial charge in [-0.3, -0.25) is 4.79 Å². The maximum absolute atomic E-state index is 13.0. The van der Waals surface area contributed by atoms with E-state index in [4.69, 9.17) is 13.8 Å². The van der Waals surface area contributed by atoms with Crippen molar-refractivity contribution in [2.24, 2.45) is 0 Å². The van der Waals surface area contributed by atoms with E-state index in [-0.39, 0.29) is 12.0 Å². The van der Waals surface area contributed by atoms with Crippen molar-refractivity contribution in [1.82, 2.24) is 20.2 Å². The van der Waals surface area contributed by atoms with Gasteiger partial charge in [-0.1, -0.05) is 10.3 Å². The first-order valence-corrected chi connectivity index (χ1v) is 8.91. The number of morpholine rings is 1. The molecule has 0 N–H and O–H groups in total. The number of rotatable bonds is 4. The molecule has 0 unspecified atom stereocenters. The van der Waals surface area contributed by atoms with Crippen molar-refractivity contribution in [1.29, 1.82) is 0 Å². The Kier molecular flexibility index (Phi) is 3.41. The molecular weight excluding hydrogens is 324 g/mol. The van der Waals surface area contributed by atoms with E-state index in [1.165, 1.54) is 6.26 Å². The van der Waals surface area contributed by atoms with E-state index >= 15 is 0 Å². The molecule has 2 atom stereocenters. The lowest BCUT2D eigenvalue weighted by Gasteiger charge is -2.35. The third-order valence-electron chi connectivity index (χ3n) is 5.01. The second-order valence-corrected chi connectivity index (χ2v) is 7.30. The summed E-state index contributed by atoms with van der Waals surface area (Å²) in [6, 6.07) is 0. The summed E-state index contributed by atoms with van der Waals surface area (Å²) in [6.07, 6.45) is 5.33. The average molecular weight is 344 g/mol. The minimum absolute atomic E-state index is 0.0646. The first-order chi connectivity index (χ1) is 12.2. The largest absolute Gasteiger partial charge is 0.364 e. The van der Waals surface area contributed by atoms with E-state index in [9.17, 15) is 4.79 Å². The zero-order valence-corrected chi connectivity index (χ0v) is 14.1. The summed E-state index contributed by atoms with van der Waals surface area (Å²) in [5, 5.41) is 8.07. The van der Waals surface area contributed by atoms with Gasteiger partial charge in [0.05, 0.1) is 18.3 Å². The summed E-state index contributed by atoms with van der Waals surface area (Å²) in [7, 11) is 0. The molecule has 2 aromatic heterocycles. The second kappa shape index (κ2) is 5.66. The summed E-state index contributed by atoms with van der Waals surface area (Å²) in [4.78, 5) is 19.2. The van der Waals surface area contributed by atoms with E-state index in [2.05, 4.69) is 15.3 Å². The van der Waals surface area contributed by atoms with Crippen LogP contribution in [0.2, 0.25) is 0 Å². The molecule has 5 rings (SSSR count). The Morgan fingerprint density at radius 2 is 1.96 bits per heavy atom. The Bertz CT molecular complexity index is 792. The van der Waals surface area contributed by atoms with Crippen molar-refractivity contribution in [2.75, 3.05) is 13.1 Å². The first kappa shape index (κ1) is 15.1. The van der Waals surface area contributed by atoms with E-state index in [0.717, 1.165) is 37.2 Å². The Hall–Kier alpha value is -2.22. The van der Waals surface area contributed by atoms with Gasteiger partial charge < -0.3 is 18.7 Å². The smallest absolute Gasteiger partial charge is 0.259 e. The lowest BCUT2D eigenvalue weighted by atomic mass is 10.1. The fourth-order valence-corrected chi connectivity index (χ4v) is 3.37. The Labute approximate surface area is 144 Å². The highest BCUT2D eigenvalue weighted by molar-refractivity contribution is 5.95. The molecule has 3 aliphatic rings. The zero-order chi connectivity index (χ0) is 17.0. The molecule has 3 fully saturated rings. The van der Waals surface area contributed by atoms with E-state index in [1.54, 1.807) is 4.90 Å². The summed E-state index contributed by atoms with van der Waals surface area (Å²) in [6.45, 7) is 2.86. The molecule has 0 radical (unpaired) electrons. The van der Waals surface area contributed by atoms with Crippen molar-refractivity contribution < 1.29 is 18.6 Å². The van der Waals surface area contributed by atoms with Crippen LogP contribution in [0.1, 0.15) is 78.3 Å². The van der Waals surface area contributed by atoms with Crippen LogP contribution in [-0.2, 0) is 4.74 Å². The molecule has 25 heavy (non-hydrogen) atoms. The quantitative estimate of drug-likeness (QED) is 0.840. The van der Waals surface area contributed by atoms with Crippen LogP contribution in [0.5, 0.6) is 0 Å². The number of aromatic nitrogens is 3. The number of carbonyl (C=O) groups is 1. The third kappa shape index (κ3) is 2.84. The number of ether oxygens (including phenoxy) is 1. The topological polar surface area (TPSA) is 94.5 Å². The van der Waals surface area contributed by atoms with Crippen LogP contribution in [0, 0.1) is 0 Å². The molecule has 1 amide bonds. The van der Waals surface area contributed by atoms with Gasteiger partial charge in [-0.15, -0.1) is 0 Å². The Balaban J connectivity index is 1.35. The lowest BCUT2D eigenvalue weighted by Crippen LogP contribution is -2.46. The molecule has 8 nitrogen and oxygen atoms in total. The SMILES string of the molecule is C[C@@H]1CN(C(=O)c2conc2C2CC2)C[C@H](c2nc(C3CC3)no2)O1. The van der Waals surface area contributed by atoms with Crippen molar-refractivity contribution in [2.45, 2.75) is 56.7 Å². The molecule has 3 heterocycles. The fourth-order valence-electron chi connectivity index (χ4n) is 3.37. The molecule has 1 aliphatic heterocycles. The van der Waals surface area contributed by atoms with Crippen molar-refractivity contribution >= 4 is 5.91 Å². The predicted octanol–water partition coefficient (Wildman–Crippen LogP) is 2.41. The minimum Gasteiger partial charge on any atom is -0.364 e. The van der Waals surface area contributed by atoms with Crippen molar-refractivity contribution in [3.8, 4) is 0 Å². The highest BCUT2D eigenvalue weighted by atomic mass is 16.5. The van der Waals surface area contributed by atoms with Crippen LogP contribution in [0.25, 0.3) is 0 Å². The summed E-state index contributed by atoms with van der Waals surface area (Å²) in [5.41, 5.74) is 1.36. The van der Waals surface area contributed by atoms with Gasteiger partial charge in [0, 0.05) is 18.4 Å². The maximum atomic E-state index is 13.0. The highest BCUT2D eigenvalue weighted by Gasteiger charge is 2.38. The Morgan fingerprint density at radius 3 is 2.72 bits per heavy atom. The van der Waals surface area contributed by atoms with Crippen LogP contribution in [0.15, 0.2) is 15.3 Å². The van der Waals surface area contributed by atoms with Crippen LogP contribution >= 0.6 is 0 Å². The molecule has 1 saturated heterocycles. The van der Waals surface area contributed by atoms with Crippen LogP contribution in [-0.4, -0.2) is 45.3 Å². The Morgan fingerprint density at radius 1 is 1.16 bits per heavy atom. The normalized spacial score (nSPS) is 26.8. The molecule has 2 aliphatic carbocycles. The van der Waals surface area contributed by atoms with Gasteiger partial charge in [0.2, 0.25) is 0 Å². The first-order valence-electron chi connectivity index (χ1n) is 8.91. The molecule has 132 valence electrons. The third-order valence-corrected chi connectivity index (χ3v) is 5.01. The highest BCUT2D eigenvalue weighted by Crippen LogP contribution is 2.41. The molecule has 0 bridgehead atoms. The summed E-state index contributed by atoms with van der Waals surface area (Å²) >= 11 is 0. The van der Waals surface area contributed by atoms with Crippen LogP contribution in [0.4, 0.5) is 0 Å². The monoisotopic (exact) mass is 344 g/mol. The molecule has 2 aromatic rings. The van der Waals surface area contributed by atoms with Crippen molar-refractivity contribution in [3.63, 3.8) is 0 Å². The zero-order valence-electron chi connectivity index (χ0n) is 14.1. The lowest BCUT2D eigenvalue weighted by molar-refractivity contribution is -0.0810. The average Bonchev–Trinajstić information content (AvgIpc) is 3.54. The van der Waals surface area contributed by atoms with Gasteiger partial charge in [0.1, 0.15) is 11.8 Å². The molecule has 8 heteroatoms. The van der Waals surface area contributed by atoms with E-state index < -0.39 is 6.10 Å². The fraction of sp³-hybridized carbons (Fsp3) is 0.647. The standard InChI is InChI=1S/C17H20N4O4/c1-9-6-21(17(22)12-8-23-19-14(12)10-2-3-10)7-13(24-9)16-18-15(20-25-16)11-4-5-11/h8-11,13H,2-7H2,1H3/t9-,13-/m1/s1. The summed E-state index contributed by atoms with van der Waals surface area (Å²) < 4.78 is 16.4. The molecular formula is C17H20N4O4. The van der Waals surface area contributed by atoms with Crippen molar-refractivity contribution in [3.05, 3.63) is 29.2 Å².